The minimum atomic E-state index is -1.36. The summed E-state index contributed by atoms with van der Waals surface area (Å²) >= 11 is 0. The fourth-order valence-electron chi connectivity index (χ4n) is 1.70. The number of hydrogen-bond donors (Lipinski definition) is 3. The van der Waals surface area contributed by atoms with Crippen LogP contribution in [0.15, 0.2) is 36.4 Å². The maximum Gasteiger partial charge on any atom is 0.335 e. The first-order valence-corrected chi connectivity index (χ1v) is 6.38. The third-order valence-electron chi connectivity index (χ3n) is 2.68. The lowest BCUT2D eigenvalue weighted by Crippen LogP contribution is -2.03. The molecule has 0 radical (unpaired) electrons. The van der Waals surface area contributed by atoms with E-state index in [1.807, 2.05) is 0 Å². The van der Waals surface area contributed by atoms with Gasteiger partial charge in [-0.3, -0.25) is 0 Å². The van der Waals surface area contributed by atoms with Crippen LogP contribution in [0.1, 0.15) is 36.6 Å². The normalized spacial score (nSPS) is 9.62. The van der Waals surface area contributed by atoms with Crippen LogP contribution in [0.3, 0.4) is 0 Å². The average Bonchev–Trinajstić information content (AvgIpc) is 2.46. The molecule has 0 atom stereocenters. The fourth-order valence-corrected chi connectivity index (χ4v) is 1.70. The molecule has 0 aliphatic heterocycles. The minimum absolute atomic E-state index is 0.0116. The van der Waals surface area contributed by atoms with Gasteiger partial charge >= 0.3 is 17.9 Å². The second-order valence-corrected chi connectivity index (χ2v) is 4.66. The van der Waals surface area contributed by atoms with Crippen LogP contribution in [-0.2, 0) is 0 Å². The minimum Gasteiger partial charge on any atom is -0.478 e. The number of carboxylic acid groups (broad SMARTS) is 3. The van der Waals surface area contributed by atoms with Gasteiger partial charge in [-0.1, -0.05) is 0 Å². The highest BCUT2D eigenvalue weighted by Crippen LogP contribution is 2.09. The van der Waals surface area contributed by atoms with Crippen molar-refractivity contribution in [2.45, 2.75) is 6.92 Å². The lowest BCUT2D eigenvalue weighted by atomic mass is 10.1. The Balaban J connectivity index is 0.000000243. The van der Waals surface area contributed by atoms with Crippen LogP contribution in [-0.4, -0.2) is 33.2 Å². The van der Waals surface area contributed by atoms with Crippen molar-refractivity contribution in [2.75, 3.05) is 0 Å². The molecule has 0 unspecified atom stereocenters. The van der Waals surface area contributed by atoms with E-state index in [0.717, 1.165) is 24.3 Å². The molecule has 0 aliphatic rings. The van der Waals surface area contributed by atoms with E-state index in [4.69, 9.17) is 15.3 Å². The highest BCUT2D eigenvalue weighted by Gasteiger charge is 2.10. The third kappa shape index (κ3) is 5.48. The molecular weight excluding hydrogens is 326 g/mol. The molecule has 24 heavy (non-hydrogen) atoms. The molecule has 0 fully saturated rings. The molecular formula is C16H12F2O6. The smallest absolute Gasteiger partial charge is 0.335 e. The van der Waals surface area contributed by atoms with Crippen molar-refractivity contribution in [2.24, 2.45) is 0 Å². The van der Waals surface area contributed by atoms with Crippen molar-refractivity contribution >= 4 is 17.9 Å². The standard InChI is InChI=1S/C8H5FO4.C8H7FO2/c9-6-2-4(7(10)11)1-5(3-6)8(12)13;1-5-2-6(8(10)11)4-7(9)3-5/h1-3H,(H,10,11)(H,12,13);2-4H,1H3,(H,10,11). The van der Waals surface area contributed by atoms with Crippen LogP contribution >= 0.6 is 0 Å². The Labute approximate surface area is 134 Å². The van der Waals surface area contributed by atoms with Crippen molar-refractivity contribution in [3.8, 4) is 0 Å². The summed E-state index contributed by atoms with van der Waals surface area (Å²) in [5.41, 5.74) is -0.153. The van der Waals surface area contributed by atoms with Gasteiger partial charge in [-0.05, 0) is 48.9 Å². The number of rotatable bonds is 3. The number of benzene rings is 2. The van der Waals surface area contributed by atoms with Crippen LogP contribution in [0.25, 0.3) is 0 Å². The van der Waals surface area contributed by atoms with Crippen LogP contribution in [0.5, 0.6) is 0 Å². The molecule has 0 amide bonds. The van der Waals surface area contributed by atoms with Gasteiger partial charge in [0.05, 0.1) is 16.7 Å². The summed E-state index contributed by atoms with van der Waals surface area (Å²) in [5, 5.41) is 25.4. The number of carbonyl (C=O) groups is 3. The molecule has 2 aromatic carbocycles. The SMILES string of the molecule is Cc1cc(F)cc(C(=O)O)c1.O=C(O)c1cc(F)cc(C(=O)O)c1. The summed E-state index contributed by atoms with van der Waals surface area (Å²) in [5.74, 6) is -5.21. The predicted octanol–water partition coefficient (Wildman–Crippen LogP) is 3.05. The molecule has 0 aliphatic carbocycles. The van der Waals surface area contributed by atoms with Crippen LogP contribution in [0, 0.1) is 18.6 Å². The first kappa shape index (κ1) is 18.8. The molecule has 0 bridgehead atoms. The average molecular weight is 338 g/mol. The molecule has 2 aromatic rings. The molecule has 6 nitrogen and oxygen atoms in total. The van der Waals surface area contributed by atoms with Crippen molar-refractivity contribution < 1.29 is 38.5 Å². The second-order valence-electron chi connectivity index (χ2n) is 4.66. The molecule has 2 rings (SSSR count). The molecule has 8 heteroatoms. The summed E-state index contributed by atoms with van der Waals surface area (Å²) < 4.78 is 25.1. The monoisotopic (exact) mass is 338 g/mol. The van der Waals surface area contributed by atoms with Gasteiger partial charge in [0.25, 0.3) is 0 Å². The topological polar surface area (TPSA) is 112 Å². The maximum atomic E-state index is 12.6. The van der Waals surface area contributed by atoms with Gasteiger partial charge in [-0.25, -0.2) is 23.2 Å². The van der Waals surface area contributed by atoms with Crippen molar-refractivity contribution in [3.05, 3.63) is 70.3 Å². The molecule has 0 saturated heterocycles. The van der Waals surface area contributed by atoms with E-state index in [2.05, 4.69) is 0 Å². The van der Waals surface area contributed by atoms with Gasteiger partial charge in [0.2, 0.25) is 0 Å². The molecule has 0 aromatic heterocycles. The van der Waals surface area contributed by atoms with Gasteiger partial charge in [0.15, 0.2) is 0 Å². The highest BCUT2D eigenvalue weighted by atomic mass is 19.1. The number of hydrogen-bond acceptors (Lipinski definition) is 3. The number of halogens is 2. The van der Waals surface area contributed by atoms with Crippen molar-refractivity contribution in [1.29, 1.82) is 0 Å². The van der Waals surface area contributed by atoms with Gasteiger partial charge < -0.3 is 15.3 Å². The maximum absolute atomic E-state index is 12.6. The Morgan fingerprint density at radius 2 is 1.00 bits per heavy atom. The van der Waals surface area contributed by atoms with E-state index in [1.54, 1.807) is 6.92 Å². The quantitative estimate of drug-likeness (QED) is 0.793. The van der Waals surface area contributed by atoms with Crippen LogP contribution < -0.4 is 0 Å². The Bertz CT molecular complexity index is 749. The Hall–Kier alpha value is -3.29. The van der Waals surface area contributed by atoms with Crippen molar-refractivity contribution in [3.63, 3.8) is 0 Å². The largest absolute Gasteiger partial charge is 0.478 e. The van der Waals surface area contributed by atoms with Gasteiger partial charge in [-0.15, -0.1) is 0 Å². The number of aryl methyl sites for hydroxylation is 1. The number of carboxylic acids is 3. The van der Waals surface area contributed by atoms with E-state index in [0.29, 0.717) is 5.56 Å². The van der Waals surface area contributed by atoms with Gasteiger partial charge in [-0.2, -0.15) is 0 Å². The zero-order valence-corrected chi connectivity index (χ0v) is 12.3. The Kier molecular flexibility index (Phi) is 6.11. The van der Waals surface area contributed by atoms with E-state index < -0.39 is 29.5 Å². The molecule has 0 saturated carbocycles. The summed E-state index contributed by atoms with van der Waals surface area (Å²) in [6, 6.07) is 6.12. The van der Waals surface area contributed by atoms with Gasteiger partial charge in [0, 0.05) is 0 Å². The summed E-state index contributed by atoms with van der Waals surface area (Å²) in [6.07, 6.45) is 0. The zero-order chi connectivity index (χ0) is 18.4. The lowest BCUT2D eigenvalue weighted by Gasteiger charge is -1.97. The van der Waals surface area contributed by atoms with Crippen molar-refractivity contribution in [1.82, 2.24) is 0 Å². The number of aromatic carboxylic acids is 3. The molecule has 126 valence electrons. The van der Waals surface area contributed by atoms with E-state index in [9.17, 15) is 23.2 Å². The Morgan fingerprint density at radius 3 is 1.33 bits per heavy atom. The predicted molar refractivity (Wildman–Crippen MR) is 78.4 cm³/mol. The van der Waals surface area contributed by atoms with E-state index in [1.165, 1.54) is 12.1 Å². The van der Waals surface area contributed by atoms with E-state index in [-0.39, 0.29) is 16.7 Å². The molecule has 0 heterocycles. The van der Waals surface area contributed by atoms with E-state index >= 15 is 0 Å². The van der Waals surface area contributed by atoms with Crippen LogP contribution in [0.4, 0.5) is 8.78 Å². The second kappa shape index (κ2) is 7.82. The Morgan fingerprint density at radius 1 is 0.667 bits per heavy atom. The lowest BCUT2D eigenvalue weighted by molar-refractivity contribution is 0.0681. The third-order valence-corrected chi connectivity index (χ3v) is 2.68. The highest BCUT2D eigenvalue weighted by molar-refractivity contribution is 5.93. The summed E-state index contributed by atoms with van der Waals surface area (Å²) in [7, 11) is 0. The summed E-state index contributed by atoms with van der Waals surface area (Å²) in [4.78, 5) is 31.1. The summed E-state index contributed by atoms with van der Waals surface area (Å²) in [6.45, 7) is 1.65. The zero-order valence-electron chi connectivity index (χ0n) is 12.3. The first-order valence-electron chi connectivity index (χ1n) is 6.38. The fraction of sp³-hybridized carbons (Fsp3) is 0.0625. The van der Waals surface area contributed by atoms with Gasteiger partial charge in [0.1, 0.15) is 11.6 Å². The molecule has 0 spiro atoms. The molecule has 3 N–H and O–H groups in total. The first-order chi connectivity index (χ1) is 11.1. The van der Waals surface area contributed by atoms with Crippen LogP contribution in [0.2, 0.25) is 0 Å².